The SMILES string of the molecule is COc1ccc(NC(=O)c2sccc2S(=O)(=O)N2CCC(O)CC2)cc1OC(C)C. The van der Waals surface area contributed by atoms with Crippen LogP contribution in [0.15, 0.2) is 34.5 Å². The van der Waals surface area contributed by atoms with Gasteiger partial charge in [-0.3, -0.25) is 4.79 Å². The molecule has 0 unspecified atom stereocenters. The Morgan fingerprint density at radius 1 is 1.23 bits per heavy atom. The number of hydrogen-bond acceptors (Lipinski definition) is 7. The number of aliphatic hydroxyl groups is 1. The summed E-state index contributed by atoms with van der Waals surface area (Å²) in [6.45, 7) is 4.23. The third-order valence-electron chi connectivity index (χ3n) is 4.66. The average molecular weight is 455 g/mol. The van der Waals surface area contributed by atoms with E-state index < -0.39 is 22.0 Å². The largest absolute Gasteiger partial charge is 0.493 e. The van der Waals surface area contributed by atoms with Crippen LogP contribution in [0.1, 0.15) is 36.4 Å². The fraction of sp³-hybridized carbons (Fsp3) is 0.450. The molecule has 1 aromatic heterocycles. The minimum Gasteiger partial charge on any atom is -0.493 e. The van der Waals surface area contributed by atoms with Gasteiger partial charge in [-0.25, -0.2) is 8.42 Å². The molecule has 3 rings (SSSR count). The Labute approximate surface area is 180 Å². The van der Waals surface area contributed by atoms with Crippen molar-refractivity contribution in [3.8, 4) is 11.5 Å². The summed E-state index contributed by atoms with van der Waals surface area (Å²) < 4.78 is 38.4. The van der Waals surface area contributed by atoms with Crippen LogP contribution in [0.4, 0.5) is 5.69 Å². The van der Waals surface area contributed by atoms with Crippen molar-refractivity contribution in [1.82, 2.24) is 4.31 Å². The highest BCUT2D eigenvalue weighted by molar-refractivity contribution is 7.89. The normalized spacial score (nSPS) is 15.9. The van der Waals surface area contributed by atoms with Crippen LogP contribution < -0.4 is 14.8 Å². The van der Waals surface area contributed by atoms with Gasteiger partial charge in [0.15, 0.2) is 11.5 Å². The van der Waals surface area contributed by atoms with E-state index in [4.69, 9.17) is 9.47 Å². The molecule has 1 amide bonds. The third kappa shape index (κ3) is 4.94. The van der Waals surface area contributed by atoms with Crippen molar-refractivity contribution >= 4 is 33.0 Å². The zero-order valence-electron chi connectivity index (χ0n) is 17.1. The first-order valence-corrected chi connectivity index (χ1v) is 12.0. The second-order valence-electron chi connectivity index (χ2n) is 7.24. The van der Waals surface area contributed by atoms with Gasteiger partial charge in [0.1, 0.15) is 9.77 Å². The Morgan fingerprint density at radius 3 is 2.57 bits per heavy atom. The van der Waals surface area contributed by atoms with Crippen molar-refractivity contribution in [2.24, 2.45) is 0 Å². The van der Waals surface area contributed by atoms with Crippen LogP contribution >= 0.6 is 11.3 Å². The molecule has 10 heteroatoms. The van der Waals surface area contributed by atoms with Crippen molar-refractivity contribution in [3.63, 3.8) is 0 Å². The molecule has 1 aliphatic rings. The number of sulfonamides is 1. The maximum Gasteiger partial charge on any atom is 0.267 e. The summed E-state index contributed by atoms with van der Waals surface area (Å²) >= 11 is 1.07. The molecule has 0 aliphatic carbocycles. The van der Waals surface area contributed by atoms with Crippen LogP contribution in [-0.2, 0) is 10.0 Å². The summed E-state index contributed by atoms with van der Waals surface area (Å²) in [7, 11) is -2.29. The second kappa shape index (κ2) is 9.34. The Bertz CT molecular complexity index is 994. The van der Waals surface area contributed by atoms with Gasteiger partial charge >= 0.3 is 0 Å². The number of anilines is 1. The van der Waals surface area contributed by atoms with E-state index in [-0.39, 0.29) is 29.0 Å². The Morgan fingerprint density at radius 2 is 1.93 bits per heavy atom. The number of benzene rings is 1. The van der Waals surface area contributed by atoms with Crippen molar-refractivity contribution in [2.75, 3.05) is 25.5 Å². The molecule has 2 N–H and O–H groups in total. The van der Waals surface area contributed by atoms with Gasteiger partial charge < -0.3 is 19.9 Å². The molecule has 0 radical (unpaired) electrons. The molecule has 0 saturated carbocycles. The Kier molecular flexibility index (Phi) is 7.02. The van der Waals surface area contributed by atoms with Gasteiger partial charge in [0.05, 0.1) is 19.3 Å². The number of nitrogens with one attached hydrogen (secondary N) is 1. The topological polar surface area (TPSA) is 105 Å². The number of nitrogens with zero attached hydrogens (tertiary/aromatic N) is 1. The lowest BCUT2D eigenvalue weighted by Crippen LogP contribution is -2.40. The number of carbonyl (C=O) groups is 1. The maximum atomic E-state index is 13.0. The number of thiophene rings is 1. The third-order valence-corrected chi connectivity index (χ3v) is 7.64. The molecule has 1 saturated heterocycles. The standard InChI is InChI=1S/C20H26N2O6S2/c1-13(2)28-17-12-14(4-5-16(17)27-3)21-20(24)19-18(8-11-29-19)30(25,26)22-9-6-15(23)7-10-22/h4-5,8,11-13,15,23H,6-7,9-10H2,1-3H3,(H,21,24). The maximum absolute atomic E-state index is 13.0. The first-order valence-electron chi connectivity index (χ1n) is 9.64. The number of carbonyl (C=O) groups excluding carboxylic acids is 1. The molecule has 1 aliphatic heterocycles. The highest BCUT2D eigenvalue weighted by Gasteiger charge is 2.32. The molecule has 0 spiro atoms. The number of piperidine rings is 1. The average Bonchev–Trinajstić information content (AvgIpc) is 3.19. The van der Waals surface area contributed by atoms with E-state index in [2.05, 4.69) is 5.32 Å². The fourth-order valence-electron chi connectivity index (χ4n) is 3.18. The van der Waals surface area contributed by atoms with Crippen LogP contribution in [0, 0.1) is 0 Å². The smallest absolute Gasteiger partial charge is 0.267 e. The van der Waals surface area contributed by atoms with Crippen LogP contribution in [0.5, 0.6) is 11.5 Å². The summed E-state index contributed by atoms with van der Waals surface area (Å²) in [5.41, 5.74) is 0.467. The van der Waals surface area contributed by atoms with Crippen LogP contribution in [-0.4, -0.2) is 56.1 Å². The minimum absolute atomic E-state index is 0.0199. The monoisotopic (exact) mass is 454 g/mol. The zero-order chi connectivity index (χ0) is 21.9. The van der Waals surface area contributed by atoms with Crippen LogP contribution in [0.2, 0.25) is 0 Å². The first-order chi connectivity index (χ1) is 14.2. The number of aliphatic hydroxyl groups excluding tert-OH is 1. The number of hydrogen-bond donors (Lipinski definition) is 2. The predicted octanol–water partition coefficient (Wildman–Crippen LogP) is 2.94. The molecular weight excluding hydrogens is 428 g/mol. The highest BCUT2D eigenvalue weighted by atomic mass is 32.2. The van der Waals surface area contributed by atoms with Gasteiger partial charge in [0.25, 0.3) is 5.91 Å². The van der Waals surface area contributed by atoms with Gasteiger partial charge in [-0.2, -0.15) is 4.31 Å². The van der Waals surface area contributed by atoms with E-state index in [1.54, 1.807) is 23.6 Å². The van der Waals surface area contributed by atoms with Crippen LogP contribution in [0.3, 0.4) is 0 Å². The lowest BCUT2D eigenvalue weighted by molar-refractivity contribution is 0.102. The van der Waals surface area contributed by atoms with Gasteiger partial charge in [0.2, 0.25) is 10.0 Å². The Hall–Kier alpha value is -2.14. The number of amides is 1. The predicted molar refractivity (Wildman–Crippen MR) is 115 cm³/mol. The van der Waals surface area contributed by atoms with Gasteiger partial charge in [-0.15, -0.1) is 11.3 Å². The molecule has 30 heavy (non-hydrogen) atoms. The van der Waals surface area contributed by atoms with Crippen molar-refractivity contribution in [2.45, 2.75) is 43.8 Å². The van der Waals surface area contributed by atoms with Gasteiger partial charge in [-0.1, -0.05) is 0 Å². The molecule has 0 bridgehead atoms. The summed E-state index contributed by atoms with van der Waals surface area (Å²) in [5.74, 6) is 0.505. The Balaban J connectivity index is 1.82. The van der Waals surface area contributed by atoms with Gasteiger partial charge in [0, 0.05) is 24.8 Å². The van der Waals surface area contributed by atoms with Gasteiger partial charge in [-0.05, 0) is 50.3 Å². The second-order valence-corrected chi connectivity index (χ2v) is 10.1. The molecule has 8 nitrogen and oxygen atoms in total. The van der Waals surface area contributed by atoms with Crippen molar-refractivity contribution in [3.05, 3.63) is 34.5 Å². The first kappa shape index (κ1) is 22.5. The van der Waals surface area contributed by atoms with E-state index in [1.165, 1.54) is 17.5 Å². The summed E-state index contributed by atoms with van der Waals surface area (Å²) in [6, 6.07) is 6.43. The molecule has 2 heterocycles. The number of ether oxygens (including phenoxy) is 2. The summed E-state index contributed by atoms with van der Waals surface area (Å²) in [5, 5.41) is 14.0. The number of methoxy groups -OCH3 is 1. The summed E-state index contributed by atoms with van der Waals surface area (Å²) in [6.07, 6.45) is 0.200. The highest BCUT2D eigenvalue weighted by Crippen LogP contribution is 2.32. The van der Waals surface area contributed by atoms with E-state index >= 15 is 0 Å². The van der Waals surface area contributed by atoms with Crippen LogP contribution in [0.25, 0.3) is 0 Å². The molecule has 164 valence electrons. The van der Waals surface area contributed by atoms with E-state index in [0.717, 1.165) is 11.3 Å². The summed E-state index contributed by atoms with van der Waals surface area (Å²) in [4.78, 5) is 13.0. The molecule has 1 fully saturated rings. The fourth-order valence-corrected chi connectivity index (χ4v) is 5.94. The molecule has 2 aromatic rings. The van der Waals surface area contributed by atoms with E-state index in [0.29, 0.717) is 30.0 Å². The quantitative estimate of drug-likeness (QED) is 0.666. The molecule has 0 atom stereocenters. The zero-order valence-corrected chi connectivity index (χ0v) is 18.8. The lowest BCUT2D eigenvalue weighted by Gasteiger charge is -2.28. The molecule has 1 aromatic carbocycles. The minimum atomic E-state index is -3.82. The van der Waals surface area contributed by atoms with Crippen molar-refractivity contribution < 1.29 is 27.8 Å². The van der Waals surface area contributed by atoms with E-state index in [9.17, 15) is 18.3 Å². The molecular formula is C20H26N2O6S2. The van der Waals surface area contributed by atoms with Crippen molar-refractivity contribution in [1.29, 1.82) is 0 Å². The number of rotatable bonds is 7. The lowest BCUT2D eigenvalue weighted by atomic mass is 10.1. The van der Waals surface area contributed by atoms with E-state index in [1.807, 2.05) is 13.8 Å².